The van der Waals surface area contributed by atoms with Crippen LogP contribution in [0, 0.1) is 0 Å². The van der Waals surface area contributed by atoms with E-state index < -0.39 is 0 Å². The van der Waals surface area contributed by atoms with Gasteiger partial charge in [-0.1, -0.05) is 0 Å². The maximum Gasteiger partial charge on any atom is 0.328 e. The molecule has 2 fully saturated rings. The summed E-state index contributed by atoms with van der Waals surface area (Å²) < 4.78 is 1.96. The Morgan fingerprint density at radius 2 is 2.04 bits per heavy atom. The zero-order chi connectivity index (χ0) is 15.8. The minimum absolute atomic E-state index is 0.234. The number of hydrogen-bond acceptors (Lipinski definition) is 5. The smallest absolute Gasteiger partial charge is 0.317 e. The lowest BCUT2D eigenvalue weighted by atomic mass is 10.1. The molecule has 0 bridgehead atoms. The number of urea groups is 1. The molecule has 3 amide bonds. The normalized spacial score (nSPS) is 20.1. The van der Waals surface area contributed by atoms with Crippen LogP contribution in [-0.2, 0) is 4.79 Å². The molecular formula is C15H18N6O2. The number of amides is 3. The average Bonchev–Trinajstić information content (AvgIpc) is 3.00. The van der Waals surface area contributed by atoms with Gasteiger partial charge in [-0.15, -0.1) is 0 Å². The van der Waals surface area contributed by atoms with Crippen molar-refractivity contribution in [1.82, 2.24) is 25.4 Å². The minimum atomic E-state index is -0.386. The van der Waals surface area contributed by atoms with Crippen LogP contribution in [-0.4, -0.2) is 46.3 Å². The Morgan fingerprint density at radius 3 is 2.83 bits per heavy atom. The maximum atomic E-state index is 12.1. The highest BCUT2D eigenvalue weighted by molar-refractivity contribution is 6.09. The number of rotatable bonds is 2. The lowest BCUT2D eigenvalue weighted by molar-refractivity contribution is -0.120. The summed E-state index contributed by atoms with van der Waals surface area (Å²) in [4.78, 5) is 29.5. The van der Waals surface area contributed by atoms with E-state index in [1.807, 2.05) is 4.68 Å². The van der Waals surface area contributed by atoms with Gasteiger partial charge in [0.1, 0.15) is 0 Å². The predicted molar refractivity (Wildman–Crippen MR) is 84.2 cm³/mol. The molecule has 120 valence electrons. The largest absolute Gasteiger partial charge is 0.328 e. The third kappa shape index (κ3) is 2.44. The SMILES string of the molecule is O=C1CCN(c2ccnc3c2cnn3C2CCNCC2)C(=O)N1. The van der Waals surface area contributed by atoms with E-state index in [4.69, 9.17) is 0 Å². The molecule has 4 heterocycles. The van der Waals surface area contributed by atoms with Gasteiger partial charge in [0.2, 0.25) is 5.91 Å². The van der Waals surface area contributed by atoms with Crippen molar-refractivity contribution in [3.05, 3.63) is 18.5 Å². The molecule has 8 nitrogen and oxygen atoms in total. The summed E-state index contributed by atoms with van der Waals surface area (Å²) in [6, 6.07) is 1.74. The van der Waals surface area contributed by atoms with E-state index in [-0.39, 0.29) is 11.9 Å². The fraction of sp³-hybridized carbons (Fsp3) is 0.467. The van der Waals surface area contributed by atoms with Crippen molar-refractivity contribution < 1.29 is 9.59 Å². The molecule has 2 saturated heterocycles. The van der Waals surface area contributed by atoms with Crippen molar-refractivity contribution in [2.24, 2.45) is 0 Å². The number of piperidine rings is 1. The molecule has 4 rings (SSSR count). The molecular weight excluding hydrogens is 296 g/mol. The second-order valence-corrected chi connectivity index (χ2v) is 5.89. The van der Waals surface area contributed by atoms with Crippen molar-refractivity contribution >= 4 is 28.7 Å². The van der Waals surface area contributed by atoms with Crippen LogP contribution in [0.1, 0.15) is 25.3 Å². The number of nitrogens with zero attached hydrogens (tertiary/aromatic N) is 4. The number of nitrogens with one attached hydrogen (secondary N) is 2. The topological polar surface area (TPSA) is 92.2 Å². The van der Waals surface area contributed by atoms with E-state index in [0.717, 1.165) is 42.7 Å². The molecule has 2 aliphatic heterocycles. The summed E-state index contributed by atoms with van der Waals surface area (Å²) in [7, 11) is 0. The highest BCUT2D eigenvalue weighted by Gasteiger charge is 2.27. The van der Waals surface area contributed by atoms with Gasteiger partial charge in [-0.2, -0.15) is 5.10 Å². The van der Waals surface area contributed by atoms with Crippen LogP contribution in [0.2, 0.25) is 0 Å². The van der Waals surface area contributed by atoms with Gasteiger partial charge in [0.25, 0.3) is 0 Å². The molecule has 0 aromatic carbocycles. The minimum Gasteiger partial charge on any atom is -0.317 e. The summed E-state index contributed by atoms with van der Waals surface area (Å²) in [6.45, 7) is 2.33. The Hall–Kier alpha value is -2.48. The van der Waals surface area contributed by atoms with Crippen LogP contribution in [0.15, 0.2) is 18.5 Å². The van der Waals surface area contributed by atoms with Crippen molar-refractivity contribution in [2.75, 3.05) is 24.5 Å². The van der Waals surface area contributed by atoms with Gasteiger partial charge in [-0.3, -0.25) is 15.0 Å². The second kappa shape index (κ2) is 5.62. The fourth-order valence-corrected chi connectivity index (χ4v) is 3.28. The molecule has 2 aliphatic rings. The maximum absolute atomic E-state index is 12.1. The van der Waals surface area contributed by atoms with Gasteiger partial charge in [-0.05, 0) is 32.0 Å². The second-order valence-electron chi connectivity index (χ2n) is 5.89. The monoisotopic (exact) mass is 314 g/mol. The summed E-state index contributed by atoms with van der Waals surface area (Å²) >= 11 is 0. The first-order valence-electron chi connectivity index (χ1n) is 7.88. The molecule has 0 saturated carbocycles. The average molecular weight is 314 g/mol. The van der Waals surface area contributed by atoms with Gasteiger partial charge < -0.3 is 5.32 Å². The molecule has 0 unspecified atom stereocenters. The van der Waals surface area contributed by atoms with Crippen molar-refractivity contribution in [3.8, 4) is 0 Å². The van der Waals surface area contributed by atoms with Crippen molar-refractivity contribution in [3.63, 3.8) is 0 Å². The zero-order valence-electron chi connectivity index (χ0n) is 12.7. The first-order valence-corrected chi connectivity index (χ1v) is 7.88. The summed E-state index contributed by atoms with van der Waals surface area (Å²) in [5, 5.41) is 11.1. The molecule has 23 heavy (non-hydrogen) atoms. The number of fused-ring (bicyclic) bond motifs is 1. The Balaban J connectivity index is 1.73. The molecule has 2 aromatic rings. The summed E-state index contributed by atoms with van der Waals surface area (Å²) in [6.07, 6.45) is 5.80. The summed E-state index contributed by atoms with van der Waals surface area (Å²) in [5.74, 6) is -0.234. The third-order valence-electron chi connectivity index (χ3n) is 4.47. The number of imide groups is 1. The number of pyridine rings is 1. The molecule has 0 aliphatic carbocycles. The van der Waals surface area contributed by atoms with E-state index in [1.165, 1.54) is 0 Å². The van der Waals surface area contributed by atoms with Crippen LogP contribution >= 0.6 is 0 Å². The Labute approximate surface area is 132 Å². The zero-order valence-corrected chi connectivity index (χ0v) is 12.7. The fourth-order valence-electron chi connectivity index (χ4n) is 3.28. The van der Waals surface area contributed by atoms with E-state index in [9.17, 15) is 9.59 Å². The number of hydrogen-bond donors (Lipinski definition) is 2. The molecule has 0 atom stereocenters. The van der Waals surface area contributed by atoms with Crippen LogP contribution in [0.5, 0.6) is 0 Å². The number of aromatic nitrogens is 3. The van der Waals surface area contributed by atoms with Crippen LogP contribution < -0.4 is 15.5 Å². The highest BCUT2D eigenvalue weighted by Crippen LogP contribution is 2.29. The van der Waals surface area contributed by atoms with Gasteiger partial charge in [0.15, 0.2) is 5.65 Å². The molecule has 8 heteroatoms. The molecule has 0 radical (unpaired) electrons. The molecule has 2 aromatic heterocycles. The Bertz CT molecular complexity index is 764. The number of carbonyl (C=O) groups is 2. The standard InChI is InChI=1S/C15H18N6O2/c22-13-4-8-20(15(23)19-13)12-3-7-17-14-11(12)9-18-21(14)10-1-5-16-6-2-10/h3,7,9-10,16H,1-2,4-6,8H2,(H,19,22,23). The lowest BCUT2D eigenvalue weighted by Crippen LogP contribution is -2.49. The van der Waals surface area contributed by atoms with Crippen molar-refractivity contribution in [2.45, 2.75) is 25.3 Å². The quantitative estimate of drug-likeness (QED) is 0.855. The van der Waals surface area contributed by atoms with Crippen LogP contribution in [0.4, 0.5) is 10.5 Å². The Morgan fingerprint density at radius 1 is 1.22 bits per heavy atom. The van der Waals surface area contributed by atoms with E-state index in [0.29, 0.717) is 19.0 Å². The van der Waals surface area contributed by atoms with Gasteiger partial charge in [-0.25, -0.2) is 14.5 Å². The highest BCUT2D eigenvalue weighted by atomic mass is 16.2. The van der Waals surface area contributed by atoms with Crippen LogP contribution in [0.25, 0.3) is 11.0 Å². The van der Waals surface area contributed by atoms with Crippen molar-refractivity contribution in [1.29, 1.82) is 0 Å². The predicted octanol–water partition coefficient (Wildman–Crippen LogP) is 0.802. The third-order valence-corrected chi connectivity index (χ3v) is 4.47. The molecule has 2 N–H and O–H groups in total. The van der Waals surface area contributed by atoms with Gasteiger partial charge in [0.05, 0.1) is 23.3 Å². The number of anilines is 1. The van der Waals surface area contributed by atoms with Gasteiger partial charge >= 0.3 is 6.03 Å². The Kier molecular flexibility index (Phi) is 3.45. The molecule has 0 spiro atoms. The summed E-state index contributed by atoms with van der Waals surface area (Å²) in [5.41, 5.74) is 1.54. The first-order chi connectivity index (χ1) is 11.2. The van der Waals surface area contributed by atoms with E-state index >= 15 is 0 Å². The lowest BCUT2D eigenvalue weighted by Gasteiger charge is -2.27. The first kappa shape index (κ1) is 14.1. The number of carbonyl (C=O) groups excluding carboxylic acids is 2. The van der Waals surface area contributed by atoms with E-state index in [1.54, 1.807) is 23.4 Å². The van der Waals surface area contributed by atoms with Crippen LogP contribution in [0.3, 0.4) is 0 Å². The van der Waals surface area contributed by atoms with E-state index in [2.05, 4.69) is 20.7 Å². The van der Waals surface area contributed by atoms with Gasteiger partial charge in [0, 0.05) is 19.2 Å².